The Kier molecular flexibility index (Phi) is 3.53. The SMILES string of the molecule is CC(=O)SC1CC(=O)N(c2nc(C)c(C)s2)C1. The summed E-state index contributed by atoms with van der Waals surface area (Å²) in [4.78, 5) is 30.1. The first-order chi connectivity index (χ1) is 7.97. The fourth-order valence-corrected chi connectivity index (χ4v) is 3.60. The van der Waals surface area contributed by atoms with Crippen LogP contribution in [0.3, 0.4) is 0 Å². The van der Waals surface area contributed by atoms with Gasteiger partial charge in [-0.2, -0.15) is 0 Å². The Morgan fingerprint density at radius 3 is 2.76 bits per heavy atom. The smallest absolute Gasteiger partial charge is 0.230 e. The van der Waals surface area contributed by atoms with Crippen LogP contribution in [0.2, 0.25) is 0 Å². The minimum atomic E-state index is 0.0659. The van der Waals surface area contributed by atoms with E-state index in [1.54, 1.807) is 4.90 Å². The molecule has 1 aromatic heterocycles. The highest BCUT2D eigenvalue weighted by Crippen LogP contribution is 2.32. The second-order valence-corrected chi connectivity index (χ2v) is 6.74. The fraction of sp³-hybridized carbons (Fsp3) is 0.545. The third-order valence-corrected chi connectivity index (χ3v) is 4.75. The molecule has 0 aromatic carbocycles. The first-order valence-corrected chi connectivity index (χ1v) is 7.08. The number of aryl methyl sites for hydroxylation is 2. The monoisotopic (exact) mass is 270 g/mol. The number of hydrogen-bond acceptors (Lipinski definition) is 5. The van der Waals surface area contributed by atoms with Crippen LogP contribution >= 0.6 is 23.1 Å². The largest absolute Gasteiger partial charge is 0.288 e. The van der Waals surface area contributed by atoms with Gasteiger partial charge < -0.3 is 0 Å². The normalized spacial score (nSPS) is 20.1. The minimum Gasteiger partial charge on any atom is -0.288 e. The molecule has 1 saturated heterocycles. The van der Waals surface area contributed by atoms with Crippen molar-refractivity contribution < 1.29 is 9.59 Å². The highest BCUT2D eigenvalue weighted by molar-refractivity contribution is 8.14. The van der Waals surface area contributed by atoms with Crippen molar-refractivity contribution in [3.63, 3.8) is 0 Å². The molecular formula is C11H14N2O2S2. The highest BCUT2D eigenvalue weighted by atomic mass is 32.2. The predicted molar refractivity (Wildman–Crippen MR) is 70.6 cm³/mol. The first-order valence-electron chi connectivity index (χ1n) is 5.39. The summed E-state index contributed by atoms with van der Waals surface area (Å²) in [6.45, 7) is 6.07. The molecule has 0 spiro atoms. The number of carbonyl (C=O) groups is 2. The molecule has 0 saturated carbocycles. The van der Waals surface area contributed by atoms with Gasteiger partial charge in [-0.3, -0.25) is 14.5 Å². The molecule has 2 rings (SSSR count). The quantitative estimate of drug-likeness (QED) is 0.826. The van der Waals surface area contributed by atoms with Crippen molar-refractivity contribution in [3.05, 3.63) is 10.6 Å². The first kappa shape index (κ1) is 12.6. The molecule has 1 atom stereocenters. The Morgan fingerprint density at radius 1 is 1.53 bits per heavy atom. The number of rotatable bonds is 2. The summed E-state index contributed by atoms with van der Waals surface area (Å²) < 4.78 is 0. The Hall–Kier alpha value is -0.880. The zero-order valence-corrected chi connectivity index (χ0v) is 11.7. The van der Waals surface area contributed by atoms with Crippen LogP contribution in [0.1, 0.15) is 23.9 Å². The standard InChI is InChI=1S/C11H14N2O2S2/c1-6-7(2)16-11(12-6)13-5-9(4-10(13)15)17-8(3)14/h9H,4-5H2,1-3H3. The van der Waals surface area contributed by atoms with E-state index in [1.807, 2.05) is 13.8 Å². The molecule has 1 aliphatic heterocycles. The van der Waals surface area contributed by atoms with Gasteiger partial charge >= 0.3 is 0 Å². The zero-order chi connectivity index (χ0) is 12.6. The van der Waals surface area contributed by atoms with Gasteiger partial charge in [-0.05, 0) is 13.8 Å². The predicted octanol–water partition coefficient (Wildman–Crippen LogP) is 2.14. The fourth-order valence-electron chi connectivity index (χ4n) is 1.74. The topological polar surface area (TPSA) is 50.3 Å². The van der Waals surface area contributed by atoms with Crippen molar-refractivity contribution in [2.24, 2.45) is 0 Å². The van der Waals surface area contributed by atoms with Gasteiger partial charge in [-0.25, -0.2) is 4.98 Å². The van der Waals surface area contributed by atoms with Crippen LogP contribution in [0.4, 0.5) is 5.13 Å². The van der Waals surface area contributed by atoms with Gasteiger partial charge in [0.05, 0.1) is 5.69 Å². The average Bonchev–Trinajstić information content (AvgIpc) is 2.71. The lowest BCUT2D eigenvalue weighted by molar-refractivity contribution is -0.117. The van der Waals surface area contributed by atoms with E-state index in [2.05, 4.69) is 4.98 Å². The summed E-state index contributed by atoms with van der Waals surface area (Å²) in [5, 5.41) is 0.900. The van der Waals surface area contributed by atoms with Gasteiger partial charge in [0.2, 0.25) is 5.91 Å². The second-order valence-electron chi connectivity index (χ2n) is 4.08. The maximum absolute atomic E-state index is 11.9. The Morgan fingerprint density at radius 2 is 2.24 bits per heavy atom. The van der Waals surface area contributed by atoms with E-state index in [9.17, 15) is 9.59 Å². The molecule has 1 amide bonds. The third kappa shape index (κ3) is 2.69. The van der Waals surface area contributed by atoms with Gasteiger partial charge in [0, 0.05) is 30.0 Å². The molecule has 1 unspecified atom stereocenters. The molecule has 17 heavy (non-hydrogen) atoms. The van der Waals surface area contributed by atoms with E-state index in [1.165, 1.54) is 30.0 Å². The van der Waals surface area contributed by atoms with Gasteiger partial charge in [0.15, 0.2) is 10.2 Å². The van der Waals surface area contributed by atoms with Crippen molar-refractivity contribution >= 4 is 39.3 Å². The van der Waals surface area contributed by atoms with Crippen LogP contribution in [-0.4, -0.2) is 27.8 Å². The zero-order valence-electron chi connectivity index (χ0n) is 10.0. The lowest BCUT2D eigenvalue weighted by atomic mass is 10.4. The van der Waals surface area contributed by atoms with Crippen LogP contribution in [0.15, 0.2) is 0 Å². The average molecular weight is 270 g/mol. The van der Waals surface area contributed by atoms with E-state index in [4.69, 9.17) is 0 Å². The minimum absolute atomic E-state index is 0.0659. The Labute approximate surface area is 108 Å². The maximum atomic E-state index is 11.9. The number of aromatic nitrogens is 1. The van der Waals surface area contributed by atoms with E-state index in [0.29, 0.717) is 13.0 Å². The number of nitrogens with zero attached hydrogens (tertiary/aromatic N) is 2. The molecule has 0 radical (unpaired) electrons. The van der Waals surface area contributed by atoms with Crippen LogP contribution in [0, 0.1) is 13.8 Å². The number of carbonyl (C=O) groups excluding carboxylic acids is 2. The molecule has 6 heteroatoms. The Balaban J connectivity index is 2.12. The molecule has 1 fully saturated rings. The second kappa shape index (κ2) is 4.78. The highest BCUT2D eigenvalue weighted by Gasteiger charge is 2.33. The Bertz CT molecular complexity index is 451. The van der Waals surface area contributed by atoms with E-state index in [0.717, 1.165) is 15.7 Å². The molecule has 0 bridgehead atoms. The summed E-state index contributed by atoms with van der Waals surface area (Å²) in [6, 6.07) is 0. The number of hydrogen-bond donors (Lipinski definition) is 0. The summed E-state index contributed by atoms with van der Waals surface area (Å²) >= 11 is 2.79. The van der Waals surface area contributed by atoms with E-state index >= 15 is 0 Å². The summed E-state index contributed by atoms with van der Waals surface area (Å²) in [5.41, 5.74) is 0.973. The maximum Gasteiger partial charge on any atom is 0.230 e. The molecular weight excluding hydrogens is 256 g/mol. The van der Waals surface area contributed by atoms with E-state index < -0.39 is 0 Å². The van der Waals surface area contributed by atoms with Crippen molar-refractivity contribution in [1.29, 1.82) is 0 Å². The van der Waals surface area contributed by atoms with Crippen LogP contribution < -0.4 is 4.90 Å². The molecule has 0 aliphatic carbocycles. The number of thiazole rings is 1. The summed E-state index contributed by atoms with van der Waals surface area (Å²) in [5.74, 6) is 0.0671. The van der Waals surface area contributed by atoms with Crippen LogP contribution in [0.5, 0.6) is 0 Å². The van der Waals surface area contributed by atoms with Crippen LogP contribution in [0.25, 0.3) is 0 Å². The van der Waals surface area contributed by atoms with Gasteiger partial charge in [0.1, 0.15) is 0 Å². The lowest BCUT2D eigenvalue weighted by Gasteiger charge is -2.11. The summed E-state index contributed by atoms with van der Waals surface area (Å²) in [6.07, 6.45) is 0.432. The summed E-state index contributed by atoms with van der Waals surface area (Å²) in [7, 11) is 0. The van der Waals surface area contributed by atoms with Crippen molar-refractivity contribution in [1.82, 2.24) is 4.98 Å². The van der Waals surface area contributed by atoms with E-state index in [-0.39, 0.29) is 16.3 Å². The van der Waals surface area contributed by atoms with Crippen molar-refractivity contribution in [3.8, 4) is 0 Å². The number of amides is 1. The molecule has 0 N–H and O–H groups in total. The molecule has 92 valence electrons. The third-order valence-electron chi connectivity index (χ3n) is 2.67. The van der Waals surface area contributed by atoms with Gasteiger partial charge in [0.25, 0.3) is 0 Å². The number of thioether (sulfide) groups is 1. The van der Waals surface area contributed by atoms with Crippen LogP contribution in [-0.2, 0) is 9.59 Å². The molecule has 1 aromatic rings. The molecule has 1 aliphatic rings. The molecule has 2 heterocycles. The van der Waals surface area contributed by atoms with Crippen molar-refractivity contribution in [2.75, 3.05) is 11.4 Å². The van der Waals surface area contributed by atoms with Gasteiger partial charge in [-0.15, -0.1) is 11.3 Å². The lowest BCUT2D eigenvalue weighted by Crippen LogP contribution is -2.24. The molecule has 4 nitrogen and oxygen atoms in total. The van der Waals surface area contributed by atoms with Gasteiger partial charge in [-0.1, -0.05) is 11.8 Å². The number of anilines is 1. The van der Waals surface area contributed by atoms with Crippen molar-refractivity contribution in [2.45, 2.75) is 32.4 Å².